The van der Waals surface area contributed by atoms with Crippen molar-refractivity contribution in [2.75, 3.05) is 26.6 Å². The number of carbonyl (C=O) groups excluding carboxylic acids is 1. The molecule has 1 atom stereocenters. The number of nitrogens with one attached hydrogen (secondary N) is 1. The van der Waals surface area contributed by atoms with Gasteiger partial charge >= 0.3 is 0 Å². The Morgan fingerprint density at radius 3 is 2.50 bits per heavy atom. The Balaban J connectivity index is 2.09. The summed E-state index contributed by atoms with van der Waals surface area (Å²) < 4.78 is 10.4. The van der Waals surface area contributed by atoms with Crippen LogP contribution in [0.2, 0.25) is 5.02 Å². The van der Waals surface area contributed by atoms with Crippen molar-refractivity contribution in [1.29, 1.82) is 0 Å². The van der Waals surface area contributed by atoms with Crippen molar-refractivity contribution in [2.45, 2.75) is 19.5 Å². The van der Waals surface area contributed by atoms with Gasteiger partial charge in [0.15, 0.2) is 11.5 Å². The van der Waals surface area contributed by atoms with Gasteiger partial charge in [-0.05, 0) is 37.7 Å². The number of hydrogen-bond acceptors (Lipinski definition) is 6. The Hall–Kier alpha value is -2.84. The van der Waals surface area contributed by atoms with E-state index in [0.717, 1.165) is 0 Å². The average Bonchev–Trinajstić information content (AvgIpc) is 2.68. The van der Waals surface area contributed by atoms with E-state index in [1.54, 1.807) is 37.1 Å². The second-order valence-corrected chi connectivity index (χ2v) is 6.59. The number of carbonyl (C=O) groups is 1. The third-order valence-corrected chi connectivity index (χ3v) is 4.72. The van der Waals surface area contributed by atoms with E-state index in [0.29, 0.717) is 27.8 Å². The highest BCUT2D eigenvalue weighted by Gasteiger charge is 2.20. The van der Waals surface area contributed by atoms with Crippen LogP contribution in [0.1, 0.15) is 12.5 Å². The van der Waals surface area contributed by atoms with Gasteiger partial charge in [0.05, 0.1) is 25.2 Å². The molecule has 0 saturated heterocycles. The standard InChI is InChI=1S/C19H22ClN3O5/c1-12(19(24)21-14-5-8-17(27-3)18(10-14)28-4)22(2)11-13-9-15(23(25)26)6-7-16(13)20/h5-10,12H,11H2,1-4H3,(H,21,24). The zero-order chi connectivity index (χ0) is 20.8. The molecule has 150 valence electrons. The van der Waals surface area contributed by atoms with Gasteiger partial charge in [0.2, 0.25) is 5.91 Å². The van der Waals surface area contributed by atoms with Crippen LogP contribution < -0.4 is 14.8 Å². The number of ether oxygens (including phenoxy) is 2. The number of hydrogen-bond donors (Lipinski definition) is 1. The van der Waals surface area contributed by atoms with Crippen molar-refractivity contribution in [2.24, 2.45) is 0 Å². The molecule has 28 heavy (non-hydrogen) atoms. The van der Waals surface area contributed by atoms with Gasteiger partial charge in [-0.1, -0.05) is 11.6 Å². The second kappa shape index (κ2) is 9.38. The van der Waals surface area contributed by atoms with E-state index in [-0.39, 0.29) is 18.1 Å². The predicted molar refractivity (Wildman–Crippen MR) is 107 cm³/mol. The van der Waals surface area contributed by atoms with Gasteiger partial charge in [0.1, 0.15) is 0 Å². The fourth-order valence-corrected chi connectivity index (χ4v) is 2.74. The number of nitrogens with zero attached hydrogens (tertiary/aromatic N) is 2. The zero-order valence-electron chi connectivity index (χ0n) is 16.1. The fraction of sp³-hybridized carbons (Fsp3) is 0.316. The lowest BCUT2D eigenvalue weighted by Crippen LogP contribution is -2.39. The number of nitro benzene ring substituents is 1. The number of non-ortho nitro benzene ring substituents is 1. The van der Waals surface area contributed by atoms with Gasteiger partial charge in [0, 0.05) is 35.5 Å². The highest BCUT2D eigenvalue weighted by molar-refractivity contribution is 6.31. The molecule has 0 heterocycles. The summed E-state index contributed by atoms with van der Waals surface area (Å²) >= 11 is 6.15. The number of anilines is 1. The fourth-order valence-electron chi connectivity index (χ4n) is 2.56. The molecule has 0 aromatic heterocycles. The van der Waals surface area contributed by atoms with Gasteiger partial charge in [-0.2, -0.15) is 0 Å². The van der Waals surface area contributed by atoms with Crippen molar-refractivity contribution in [1.82, 2.24) is 4.90 Å². The average molecular weight is 408 g/mol. The molecule has 2 aromatic carbocycles. The Labute approximate surface area is 168 Å². The highest BCUT2D eigenvalue weighted by Crippen LogP contribution is 2.30. The summed E-state index contributed by atoms with van der Waals surface area (Å²) in [4.78, 5) is 24.8. The van der Waals surface area contributed by atoms with Crippen molar-refractivity contribution >= 4 is 28.9 Å². The van der Waals surface area contributed by atoms with Crippen LogP contribution in [0.4, 0.5) is 11.4 Å². The topological polar surface area (TPSA) is 93.9 Å². The Morgan fingerprint density at radius 1 is 1.21 bits per heavy atom. The largest absolute Gasteiger partial charge is 0.493 e. The molecule has 0 bridgehead atoms. The number of nitro groups is 1. The van der Waals surface area contributed by atoms with Crippen molar-refractivity contribution < 1.29 is 19.2 Å². The molecular formula is C19H22ClN3O5. The molecule has 2 aromatic rings. The number of benzene rings is 2. The van der Waals surface area contributed by atoms with E-state index in [2.05, 4.69) is 5.32 Å². The highest BCUT2D eigenvalue weighted by atomic mass is 35.5. The zero-order valence-corrected chi connectivity index (χ0v) is 16.8. The molecule has 1 amide bonds. The van der Waals surface area contributed by atoms with Crippen LogP contribution in [0, 0.1) is 10.1 Å². The Kier molecular flexibility index (Phi) is 7.19. The van der Waals surface area contributed by atoms with E-state index in [1.165, 1.54) is 32.4 Å². The SMILES string of the molecule is COc1ccc(NC(=O)C(C)N(C)Cc2cc([N+](=O)[O-])ccc2Cl)cc1OC. The third-order valence-electron chi connectivity index (χ3n) is 4.35. The normalized spacial score (nSPS) is 11.8. The molecule has 9 heteroatoms. The molecule has 0 aliphatic carbocycles. The van der Waals surface area contributed by atoms with Gasteiger partial charge in [-0.15, -0.1) is 0 Å². The number of rotatable bonds is 8. The van der Waals surface area contributed by atoms with Crippen LogP contribution in [0.25, 0.3) is 0 Å². The van der Waals surface area contributed by atoms with Crippen molar-refractivity contribution in [3.63, 3.8) is 0 Å². The molecule has 0 saturated carbocycles. The smallest absolute Gasteiger partial charge is 0.269 e. The summed E-state index contributed by atoms with van der Waals surface area (Å²) in [5, 5.41) is 14.2. The first kappa shape index (κ1) is 21.5. The molecule has 0 fully saturated rings. The summed E-state index contributed by atoms with van der Waals surface area (Å²) in [7, 11) is 4.79. The summed E-state index contributed by atoms with van der Waals surface area (Å²) in [6, 6.07) is 8.81. The van der Waals surface area contributed by atoms with Gasteiger partial charge < -0.3 is 14.8 Å². The van der Waals surface area contributed by atoms with Gasteiger partial charge in [0.25, 0.3) is 5.69 Å². The lowest BCUT2D eigenvalue weighted by atomic mass is 10.1. The summed E-state index contributed by atoms with van der Waals surface area (Å²) in [6.07, 6.45) is 0. The van der Waals surface area contributed by atoms with E-state index in [1.807, 2.05) is 0 Å². The predicted octanol–water partition coefficient (Wildman–Crippen LogP) is 3.72. The van der Waals surface area contributed by atoms with E-state index in [9.17, 15) is 14.9 Å². The summed E-state index contributed by atoms with van der Waals surface area (Å²) in [5.41, 5.74) is 1.09. The van der Waals surface area contributed by atoms with Crippen LogP contribution in [0.3, 0.4) is 0 Å². The van der Waals surface area contributed by atoms with Crippen LogP contribution >= 0.6 is 11.6 Å². The maximum absolute atomic E-state index is 12.6. The minimum Gasteiger partial charge on any atom is -0.493 e. The molecule has 2 rings (SSSR count). The van der Waals surface area contributed by atoms with Crippen LogP contribution in [0.5, 0.6) is 11.5 Å². The first-order valence-corrected chi connectivity index (χ1v) is 8.80. The maximum Gasteiger partial charge on any atom is 0.269 e. The molecule has 1 N–H and O–H groups in total. The second-order valence-electron chi connectivity index (χ2n) is 6.18. The Morgan fingerprint density at radius 2 is 1.89 bits per heavy atom. The molecule has 0 aliphatic rings. The number of halogens is 1. The van der Waals surface area contributed by atoms with Gasteiger partial charge in [-0.25, -0.2) is 0 Å². The summed E-state index contributed by atoms with van der Waals surface area (Å²) in [6.45, 7) is 2.02. The maximum atomic E-state index is 12.6. The summed E-state index contributed by atoms with van der Waals surface area (Å²) in [5.74, 6) is 0.826. The molecule has 0 aliphatic heterocycles. The van der Waals surface area contributed by atoms with Crippen LogP contribution in [-0.4, -0.2) is 43.0 Å². The number of methoxy groups -OCH3 is 2. The monoisotopic (exact) mass is 407 g/mol. The van der Waals surface area contributed by atoms with Crippen molar-refractivity contribution in [3.8, 4) is 11.5 Å². The first-order valence-electron chi connectivity index (χ1n) is 8.42. The molecular weight excluding hydrogens is 386 g/mol. The molecule has 0 radical (unpaired) electrons. The van der Waals surface area contributed by atoms with Crippen LogP contribution in [0.15, 0.2) is 36.4 Å². The third kappa shape index (κ3) is 5.11. The molecule has 0 spiro atoms. The van der Waals surface area contributed by atoms with E-state index in [4.69, 9.17) is 21.1 Å². The van der Waals surface area contributed by atoms with Gasteiger partial charge in [-0.3, -0.25) is 19.8 Å². The molecule has 8 nitrogen and oxygen atoms in total. The van der Waals surface area contributed by atoms with Crippen molar-refractivity contribution in [3.05, 3.63) is 57.1 Å². The van der Waals surface area contributed by atoms with Crippen LogP contribution in [-0.2, 0) is 11.3 Å². The van der Waals surface area contributed by atoms with E-state index < -0.39 is 11.0 Å². The quantitative estimate of drug-likeness (QED) is 0.529. The molecule has 1 unspecified atom stereocenters. The minimum atomic E-state index is -0.511. The first-order chi connectivity index (χ1) is 13.3. The minimum absolute atomic E-state index is 0.0461. The number of likely N-dealkylation sites (N-methyl/N-ethyl adjacent to an activating group) is 1. The number of amides is 1. The Bertz CT molecular complexity index is 875. The lowest BCUT2D eigenvalue weighted by molar-refractivity contribution is -0.384. The van der Waals surface area contributed by atoms with E-state index >= 15 is 0 Å². The lowest BCUT2D eigenvalue weighted by Gasteiger charge is -2.24.